The van der Waals surface area contributed by atoms with Crippen LogP contribution in [0.1, 0.15) is 17.1 Å². The van der Waals surface area contributed by atoms with Gasteiger partial charge in [-0.05, 0) is 36.4 Å². The first-order chi connectivity index (χ1) is 10.2. The Labute approximate surface area is 121 Å². The highest BCUT2D eigenvalue weighted by Crippen LogP contribution is 2.11. The second-order valence-corrected chi connectivity index (χ2v) is 4.65. The average molecular weight is 282 g/mol. The van der Waals surface area contributed by atoms with Gasteiger partial charge in [0.1, 0.15) is 5.76 Å². The molecule has 0 aliphatic rings. The SMILES string of the molecule is Cc1ccc(-n2nnnc2CC=Nc2cc(C)on2)cc1. The fourth-order valence-corrected chi connectivity index (χ4v) is 1.85. The molecule has 0 fully saturated rings. The first-order valence-electron chi connectivity index (χ1n) is 6.52. The van der Waals surface area contributed by atoms with Gasteiger partial charge in [0.25, 0.3) is 0 Å². The topological polar surface area (TPSA) is 82.0 Å². The van der Waals surface area contributed by atoms with E-state index in [-0.39, 0.29) is 0 Å². The van der Waals surface area contributed by atoms with Gasteiger partial charge in [-0.25, -0.2) is 4.99 Å². The maximum Gasteiger partial charge on any atom is 0.195 e. The second-order valence-electron chi connectivity index (χ2n) is 4.65. The summed E-state index contributed by atoms with van der Waals surface area (Å²) >= 11 is 0. The lowest BCUT2D eigenvalue weighted by molar-refractivity contribution is 0.399. The minimum atomic E-state index is 0.507. The molecular formula is C14H14N6O. The Morgan fingerprint density at radius 2 is 2.05 bits per heavy atom. The quantitative estimate of drug-likeness (QED) is 0.685. The summed E-state index contributed by atoms with van der Waals surface area (Å²) in [5.41, 5.74) is 2.11. The molecule has 0 atom stereocenters. The van der Waals surface area contributed by atoms with Gasteiger partial charge < -0.3 is 4.52 Å². The van der Waals surface area contributed by atoms with Crippen LogP contribution in [0.4, 0.5) is 5.82 Å². The number of hydrogen-bond acceptors (Lipinski definition) is 6. The lowest BCUT2D eigenvalue weighted by Crippen LogP contribution is -2.03. The molecule has 3 aromatic rings. The second kappa shape index (κ2) is 5.66. The lowest BCUT2D eigenvalue weighted by atomic mass is 10.2. The number of nitrogens with zero attached hydrogens (tertiary/aromatic N) is 6. The van der Waals surface area contributed by atoms with Gasteiger partial charge in [-0.15, -0.1) is 5.10 Å². The van der Waals surface area contributed by atoms with Crippen molar-refractivity contribution in [3.05, 3.63) is 47.5 Å². The smallest absolute Gasteiger partial charge is 0.195 e. The van der Waals surface area contributed by atoms with Crippen LogP contribution in [0.3, 0.4) is 0 Å². The molecule has 7 nitrogen and oxygen atoms in total. The molecule has 7 heteroatoms. The molecular weight excluding hydrogens is 268 g/mol. The first kappa shape index (κ1) is 13.2. The van der Waals surface area contributed by atoms with Crippen LogP contribution < -0.4 is 0 Å². The molecule has 2 aromatic heterocycles. The van der Waals surface area contributed by atoms with Gasteiger partial charge in [-0.3, -0.25) is 0 Å². The molecule has 0 spiro atoms. The molecule has 0 aliphatic carbocycles. The Balaban J connectivity index is 1.76. The third-order valence-electron chi connectivity index (χ3n) is 2.93. The number of benzene rings is 1. The van der Waals surface area contributed by atoms with Crippen LogP contribution >= 0.6 is 0 Å². The van der Waals surface area contributed by atoms with Crippen LogP contribution in [0.15, 0.2) is 39.8 Å². The maximum absolute atomic E-state index is 4.95. The zero-order chi connectivity index (χ0) is 14.7. The van der Waals surface area contributed by atoms with Crippen molar-refractivity contribution in [1.82, 2.24) is 25.4 Å². The van der Waals surface area contributed by atoms with Gasteiger partial charge in [0.15, 0.2) is 11.6 Å². The summed E-state index contributed by atoms with van der Waals surface area (Å²) in [7, 11) is 0. The standard InChI is InChI=1S/C14H14N6O/c1-10-3-5-12(6-4-10)20-14(16-18-19-20)7-8-15-13-9-11(2)21-17-13/h3-6,8-9H,7H2,1-2H3. The molecule has 0 bridgehead atoms. The van der Waals surface area contributed by atoms with Crippen molar-refractivity contribution < 1.29 is 4.52 Å². The van der Waals surface area contributed by atoms with E-state index in [1.807, 2.05) is 38.1 Å². The van der Waals surface area contributed by atoms with Crippen molar-refractivity contribution in [2.45, 2.75) is 20.3 Å². The fraction of sp³-hybridized carbons (Fsp3) is 0.214. The van der Waals surface area contributed by atoms with Crippen LogP contribution in [0, 0.1) is 13.8 Å². The summed E-state index contributed by atoms with van der Waals surface area (Å²) in [6.45, 7) is 3.86. The molecule has 21 heavy (non-hydrogen) atoms. The number of hydrogen-bond donors (Lipinski definition) is 0. The molecule has 0 unspecified atom stereocenters. The fourth-order valence-electron chi connectivity index (χ4n) is 1.85. The number of aliphatic imine (C=N–C) groups is 1. The van der Waals surface area contributed by atoms with E-state index in [1.54, 1.807) is 17.0 Å². The van der Waals surface area contributed by atoms with E-state index in [0.29, 0.717) is 18.1 Å². The maximum atomic E-state index is 4.95. The van der Waals surface area contributed by atoms with E-state index in [1.165, 1.54) is 5.56 Å². The van der Waals surface area contributed by atoms with E-state index in [0.717, 1.165) is 11.4 Å². The van der Waals surface area contributed by atoms with E-state index in [4.69, 9.17) is 4.52 Å². The summed E-state index contributed by atoms with van der Waals surface area (Å²) in [5.74, 6) is 1.98. The zero-order valence-electron chi connectivity index (χ0n) is 11.8. The molecule has 0 aliphatic heterocycles. The minimum Gasteiger partial charge on any atom is -0.359 e. The molecule has 106 valence electrons. The van der Waals surface area contributed by atoms with E-state index >= 15 is 0 Å². The van der Waals surface area contributed by atoms with Gasteiger partial charge >= 0.3 is 0 Å². The third-order valence-corrected chi connectivity index (χ3v) is 2.93. The highest BCUT2D eigenvalue weighted by atomic mass is 16.5. The number of aromatic nitrogens is 5. The normalized spacial score (nSPS) is 11.3. The monoisotopic (exact) mass is 282 g/mol. The highest BCUT2D eigenvalue weighted by molar-refractivity contribution is 5.64. The van der Waals surface area contributed by atoms with Crippen molar-refractivity contribution in [2.24, 2.45) is 4.99 Å². The van der Waals surface area contributed by atoms with Crippen LogP contribution in [-0.4, -0.2) is 31.6 Å². The van der Waals surface area contributed by atoms with Gasteiger partial charge in [0, 0.05) is 18.7 Å². The molecule has 0 saturated heterocycles. The van der Waals surface area contributed by atoms with E-state index in [2.05, 4.69) is 25.7 Å². The van der Waals surface area contributed by atoms with Crippen molar-refractivity contribution >= 4 is 12.0 Å². The van der Waals surface area contributed by atoms with Gasteiger partial charge in [0.2, 0.25) is 0 Å². The van der Waals surface area contributed by atoms with Crippen LogP contribution in [0.2, 0.25) is 0 Å². The minimum absolute atomic E-state index is 0.507. The summed E-state index contributed by atoms with van der Waals surface area (Å²) in [6, 6.07) is 9.76. The van der Waals surface area contributed by atoms with Crippen LogP contribution in [0.5, 0.6) is 0 Å². The molecule has 2 heterocycles. The van der Waals surface area contributed by atoms with Crippen LogP contribution in [0.25, 0.3) is 5.69 Å². The molecule has 0 radical (unpaired) electrons. The lowest BCUT2D eigenvalue weighted by Gasteiger charge is -2.02. The highest BCUT2D eigenvalue weighted by Gasteiger charge is 2.06. The summed E-state index contributed by atoms with van der Waals surface area (Å²) in [6.07, 6.45) is 2.22. The van der Waals surface area contributed by atoms with Gasteiger partial charge in [0.05, 0.1) is 5.69 Å². The Hall–Kier alpha value is -2.83. The Morgan fingerprint density at radius 1 is 1.24 bits per heavy atom. The van der Waals surface area contributed by atoms with Gasteiger partial charge in [-0.2, -0.15) is 4.68 Å². The van der Waals surface area contributed by atoms with Crippen molar-refractivity contribution in [3.8, 4) is 5.69 Å². The summed E-state index contributed by atoms with van der Waals surface area (Å²) in [4.78, 5) is 4.21. The molecule has 3 rings (SSSR count). The van der Waals surface area contributed by atoms with E-state index in [9.17, 15) is 0 Å². The molecule has 0 saturated carbocycles. The predicted octanol–water partition coefficient (Wildman–Crippen LogP) is 2.21. The Kier molecular flexibility index (Phi) is 3.55. The van der Waals surface area contributed by atoms with Crippen molar-refractivity contribution in [3.63, 3.8) is 0 Å². The predicted molar refractivity (Wildman–Crippen MR) is 77.0 cm³/mol. The summed E-state index contributed by atoms with van der Waals surface area (Å²) in [5, 5.41) is 15.5. The third kappa shape index (κ3) is 3.02. The average Bonchev–Trinajstić information content (AvgIpc) is 3.09. The van der Waals surface area contributed by atoms with Crippen molar-refractivity contribution in [2.75, 3.05) is 0 Å². The number of tetrazole rings is 1. The Morgan fingerprint density at radius 3 is 2.76 bits per heavy atom. The first-order valence-corrected chi connectivity index (χ1v) is 6.52. The molecule has 0 amide bonds. The molecule has 0 N–H and O–H groups in total. The number of aryl methyl sites for hydroxylation is 2. The van der Waals surface area contributed by atoms with Crippen molar-refractivity contribution in [1.29, 1.82) is 0 Å². The summed E-state index contributed by atoms with van der Waals surface area (Å²) < 4.78 is 6.64. The van der Waals surface area contributed by atoms with Crippen LogP contribution in [-0.2, 0) is 6.42 Å². The van der Waals surface area contributed by atoms with E-state index < -0.39 is 0 Å². The molecule has 1 aromatic carbocycles. The largest absolute Gasteiger partial charge is 0.359 e. The number of rotatable bonds is 4. The van der Waals surface area contributed by atoms with Gasteiger partial charge in [-0.1, -0.05) is 22.9 Å². The zero-order valence-corrected chi connectivity index (χ0v) is 11.8. The Bertz CT molecular complexity index is 756.